The number of hydrogen-bond acceptors (Lipinski definition) is 4. The van der Waals surface area contributed by atoms with Crippen molar-refractivity contribution in [3.63, 3.8) is 0 Å². The molecule has 1 amide bonds. The molecular formula is C18H19ClN2O4S. The van der Waals surface area contributed by atoms with Gasteiger partial charge >= 0.3 is 0 Å². The molecule has 0 radical (unpaired) electrons. The Kier molecular flexibility index (Phi) is 5.22. The van der Waals surface area contributed by atoms with Crippen LogP contribution in [0.4, 0.5) is 0 Å². The van der Waals surface area contributed by atoms with Crippen LogP contribution in [0.15, 0.2) is 41.3 Å². The van der Waals surface area contributed by atoms with Crippen LogP contribution in [0.2, 0.25) is 5.02 Å². The first-order valence-corrected chi connectivity index (χ1v) is 10.1. The van der Waals surface area contributed by atoms with Crippen LogP contribution in [0.5, 0.6) is 5.75 Å². The summed E-state index contributed by atoms with van der Waals surface area (Å²) in [7, 11) is -3.70. The van der Waals surface area contributed by atoms with Crippen LogP contribution in [0.3, 0.4) is 0 Å². The van der Waals surface area contributed by atoms with Crippen molar-refractivity contribution in [1.29, 1.82) is 0 Å². The van der Waals surface area contributed by atoms with Gasteiger partial charge in [0.1, 0.15) is 11.9 Å². The molecule has 138 valence electrons. The molecule has 1 aliphatic heterocycles. The smallest absolute Gasteiger partial charge is 0.255 e. The number of hydrogen-bond donors (Lipinski definition) is 2. The Morgan fingerprint density at radius 1 is 1.27 bits per heavy atom. The van der Waals surface area contributed by atoms with Gasteiger partial charge in [-0.3, -0.25) is 4.79 Å². The molecule has 0 fully saturated rings. The molecule has 0 bridgehead atoms. The quantitative estimate of drug-likeness (QED) is 0.812. The molecule has 1 heterocycles. The number of sulfonamides is 1. The molecule has 2 aromatic carbocycles. The van der Waals surface area contributed by atoms with Crippen molar-refractivity contribution in [3.8, 4) is 5.75 Å². The number of ether oxygens (including phenoxy) is 1. The summed E-state index contributed by atoms with van der Waals surface area (Å²) in [5, 5.41) is 8.53. The van der Waals surface area contributed by atoms with Gasteiger partial charge in [0, 0.05) is 23.6 Å². The van der Waals surface area contributed by atoms with Gasteiger partial charge in [0.05, 0.1) is 10.5 Å². The Balaban J connectivity index is 1.63. The van der Waals surface area contributed by atoms with Crippen molar-refractivity contribution in [2.24, 2.45) is 5.14 Å². The Morgan fingerprint density at radius 3 is 2.62 bits per heavy atom. The second kappa shape index (κ2) is 7.26. The number of halogens is 1. The van der Waals surface area contributed by atoms with Crippen molar-refractivity contribution >= 4 is 27.5 Å². The molecule has 3 N–H and O–H groups in total. The lowest BCUT2D eigenvalue weighted by molar-refractivity contribution is 0.0949. The van der Waals surface area contributed by atoms with Gasteiger partial charge in [-0.1, -0.05) is 23.7 Å². The van der Waals surface area contributed by atoms with Crippen molar-refractivity contribution in [3.05, 3.63) is 58.1 Å². The Labute approximate surface area is 157 Å². The number of nitrogens with one attached hydrogen (secondary N) is 1. The average Bonchev–Trinajstić information content (AvgIpc) is 2.97. The maximum absolute atomic E-state index is 12.5. The number of primary sulfonamides is 1. The van der Waals surface area contributed by atoms with Crippen molar-refractivity contribution < 1.29 is 17.9 Å². The first-order valence-electron chi connectivity index (χ1n) is 8.13. The van der Waals surface area contributed by atoms with Crippen molar-refractivity contribution in [1.82, 2.24) is 5.32 Å². The standard InChI is InChI=1S/C18H19ClN2O4S/c1-11-10-15-16(19)7-6-14(17(15)25-11)18(22)21-9-8-12-2-4-13(5-3-12)26(20,23)24/h2-7,11H,8-10H2,1H3,(H,21,22)(H2,20,23,24). The summed E-state index contributed by atoms with van der Waals surface area (Å²) in [5.41, 5.74) is 2.23. The van der Waals surface area contributed by atoms with Crippen LogP contribution in [-0.4, -0.2) is 27.0 Å². The third-order valence-electron chi connectivity index (χ3n) is 4.21. The minimum Gasteiger partial charge on any atom is -0.489 e. The van der Waals surface area contributed by atoms with Gasteiger partial charge in [-0.2, -0.15) is 0 Å². The van der Waals surface area contributed by atoms with Gasteiger partial charge < -0.3 is 10.1 Å². The molecule has 1 atom stereocenters. The van der Waals surface area contributed by atoms with Crippen molar-refractivity contribution in [2.75, 3.05) is 6.54 Å². The molecule has 0 saturated heterocycles. The van der Waals surface area contributed by atoms with Gasteiger partial charge in [0.25, 0.3) is 5.91 Å². The van der Waals surface area contributed by atoms with Crippen LogP contribution in [0.1, 0.15) is 28.4 Å². The molecule has 26 heavy (non-hydrogen) atoms. The van der Waals surface area contributed by atoms with Gasteiger partial charge in [-0.25, -0.2) is 13.6 Å². The third kappa shape index (κ3) is 4.00. The van der Waals surface area contributed by atoms with E-state index >= 15 is 0 Å². The monoisotopic (exact) mass is 394 g/mol. The Morgan fingerprint density at radius 2 is 1.96 bits per heavy atom. The SMILES string of the molecule is CC1Cc2c(Cl)ccc(C(=O)NCCc3ccc(S(N)(=O)=O)cc3)c2O1. The number of carbonyl (C=O) groups is 1. The van der Waals surface area contributed by atoms with E-state index in [0.717, 1.165) is 11.1 Å². The summed E-state index contributed by atoms with van der Waals surface area (Å²) in [6.07, 6.45) is 1.24. The van der Waals surface area contributed by atoms with Gasteiger partial charge in [0.2, 0.25) is 10.0 Å². The van der Waals surface area contributed by atoms with E-state index in [9.17, 15) is 13.2 Å². The lowest BCUT2D eigenvalue weighted by atomic mass is 10.1. The number of amides is 1. The van der Waals surface area contributed by atoms with Gasteiger partial charge in [-0.15, -0.1) is 0 Å². The molecule has 0 saturated carbocycles. The molecule has 2 aromatic rings. The highest BCUT2D eigenvalue weighted by Gasteiger charge is 2.27. The van der Waals surface area contributed by atoms with E-state index < -0.39 is 10.0 Å². The number of benzene rings is 2. The zero-order valence-electron chi connectivity index (χ0n) is 14.2. The molecular weight excluding hydrogens is 376 g/mol. The first kappa shape index (κ1) is 18.7. The summed E-state index contributed by atoms with van der Waals surface area (Å²) in [4.78, 5) is 12.5. The molecule has 1 unspecified atom stereocenters. The van der Waals surface area contributed by atoms with E-state index in [0.29, 0.717) is 35.7 Å². The summed E-state index contributed by atoms with van der Waals surface area (Å²) >= 11 is 6.18. The van der Waals surface area contributed by atoms with E-state index in [-0.39, 0.29) is 16.9 Å². The minimum absolute atomic E-state index is 0.00575. The normalized spacial score (nSPS) is 16.0. The maximum atomic E-state index is 12.5. The molecule has 0 aromatic heterocycles. The van der Waals surface area contributed by atoms with E-state index in [1.165, 1.54) is 12.1 Å². The van der Waals surface area contributed by atoms with Crippen molar-refractivity contribution in [2.45, 2.75) is 30.8 Å². The summed E-state index contributed by atoms with van der Waals surface area (Å²) < 4.78 is 28.2. The molecule has 3 rings (SSSR count). The fourth-order valence-electron chi connectivity index (χ4n) is 2.90. The van der Waals surface area contributed by atoms with Gasteiger partial charge in [-0.05, 0) is 43.2 Å². The zero-order chi connectivity index (χ0) is 18.9. The number of rotatable bonds is 5. The minimum atomic E-state index is -3.70. The van der Waals surface area contributed by atoms with Crippen LogP contribution >= 0.6 is 11.6 Å². The van der Waals surface area contributed by atoms with Crippen LogP contribution in [0, 0.1) is 0 Å². The number of carbonyl (C=O) groups excluding carboxylic acids is 1. The molecule has 6 nitrogen and oxygen atoms in total. The predicted molar refractivity (Wildman–Crippen MR) is 99.1 cm³/mol. The largest absolute Gasteiger partial charge is 0.489 e. The number of fused-ring (bicyclic) bond motifs is 1. The number of nitrogens with two attached hydrogens (primary N) is 1. The molecule has 0 spiro atoms. The molecule has 8 heteroatoms. The van der Waals surface area contributed by atoms with E-state index in [1.54, 1.807) is 24.3 Å². The predicted octanol–water partition coefficient (Wildman–Crippen LogP) is 2.28. The zero-order valence-corrected chi connectivity index (χ0v) is 15.7. The fourth-order valence-corrected chi connectivity index (χ4v) is 3.64. The van der Waals surface area contributed by atoms with E-state index in [2.05, 4.69) is 5.32 Å². The Hall–Kier alpha value is -2.09. The highest BCUT2D eigenvalue weighted by molar-refractivity contribution is 7.89. The highest BCUT2D eigenvalue weighted by atomic mass is 35.5. The molecule has 0 aliphatic carbocycles. The second-order valence-electron chi connectivity index (χ2n) is 6.23. The lowest BCUT2D eigenvalue weighted by Crippen LogP contribution is -2.26. The summed E-state index contributed by atoms with van der Waals surface area (Å²) in [5.74, 6) is 0.327. The van der Waals surface area contributed by atoms with E-state index in [4.69, 9.17) is 21.5 Å². The third-order valence-corrected chi connectivity index (χ3v) is 5.49. The second-order valence-corrected chi connectivity index (χ2v) is 8.20. The summed E-state index contributed by atoms with van der Waals surface area (Å²) in [6, 6.07) is 9.63. The fraction of sp³-hybridized carbons (Fsp3) is 0.278. The average molecular weight is 395 g/mol. The van der Waals surface area contributed by atoms with Gasteiger partial charge in [0.15, 0.2) is 0 Å². The lowest BCUT2D eigenvalue weighted by Gasteiger charge is -2.11. The van der Waals surface area contributed by atoms with Crippen LogP contribution in [-0.2, 0) is 22.9 Å². The Bertz CT molecular complexity index is 942. The first-order chi connectivity index (χ1) is 12.3. The molecule has 1 aliphatic rings. The highest BCUT2D eigenvalue weighted by Crippen LogP contribution is 2.37. The van der Waals surface area contributed by atoms with Crippen LogP contribution in [0.25, 0.3) is 0 Å². The topological polar surface area (TPSA) is 98.5 Å². The van der Waals surface area contributed by atoms with E-state index in [1.807, 2.05) is 6.92 Å². The van der Waals surface area contributed by atoms with Crippen LogP contribution < -0.4 is 15.2 Å². The summed E-state index contributed by atoms with van der Waals surface area (Å²) in [6.45, 7) is 2.34. The maximum Gasteiger partial charge on any atom is 0.255 e.